The zero-order valence-electron chi connectivity index (χ0n) is 10.8. The Morgan fingerprint density at radius 1 is 1.44 bits per heavy atom. The van der Waals surface area contributed by atoms with Crippen molar-refractivity contribution in [2.75, 3.05) is 18.6 Å². The van der Waals surface area contributed by atoms with Crippen LogP contribution in [0.5, 0.6) is 0 Å². The molecule has 0 aliphatic rings. The van der Waals surface area contributed by atoms with Gasteiger partial charge in [0.05, 0.1) is 0 Å². The Hall–Kier alpha value is -0.880. The molecule has 0 bridgehead atoms. The van der Waals surface area contributed by atoms with Crippen LogP contribution in [0.2, 0.25) is 0 Å². The second kappa shape index (κ2) is 6.89. The SMILES string of the molecule is CCCCN(Cc1ccsc1)C(=O)CS(C)(=O)=O. The molecule has 6 heteroatoms. The number of hydrogen-bond acceptors (Lipinski definition) is 4. The monoisotopic (exact) mass is 289 g/mol. The topological polar surface area (TPSA) is 54.5 Å². The minimum Gasteiger partial charge on any atom is -0.337 e. The highest BCUT2D eigenvalue weighted by Crippen LogP contribution is 2.11. The fourth-order valence-electron chi connectivity index (χ4n) is 1.56. The first-order valence-electron chi connectivity index (χ1n) is 5.89. The third kappa shape index (κ3) is 5.64. The summed E-state index contributed by atoms with van der Waals surface area (Å²) in [6.45, 7) is 3.16. The van der Waals surface area contributed by atoms with E-state index in [1.807, 2.05) is 23.8 Å². The van der Waals surface area contributed by atoms with Gasteiger partial charge in [0.15, 0.2) is 9.84 Å². The molecular formula is C12H19NO3S2. The molecule has 0 spiro atoms. The fourth-order valence-corrected chi connectivity index (χ4v) is 2.85. The van der Waals surface area contributed by atoms with Crippen LogP contribution >= 0.6 is 11.3 Å². The van der Waals surface area contributed by atoms with Gasteiger partial charge in [-0.25, -0.2) is 8.42 Å². The van der Waals surface area contributed by atoms with Gasteiger partial charge in [-0.15, -0.1) is 0 Å². The second-order valence-corrected chi connectivity index (χ2v) is 7.29. The van der Waals surface area contributed by atoms with Crippen molar-refractivity contribution in [3.8, 4) is 0 Å². The molecule has 0 saturated heterocycles. The summed E-state index contributed by atoms with van der Waals surface area (Å²) < 4.78 is 22.4. The van der Waals surface area contributed by atoms with Crippen molar-refractivity contribution in [2.45, 2.75) is 26.3 Å². The van der Waals surface area contributed by atoms with E-state index in [0.717, 1.165) is 24.7 Å². The van der Waals surface area contributed by atoms with Gasteiger partial charge in [-0.2, -0.15) is 11.3 Å². The molecule has 0 atom stereocenters. The number of unbranched alkanes of at least 4 members (excludes halogenated alkanes) is 1. The molecule has 1 aromatic rings. The van der Waals surface area contributed by atoms with Gasteiger partial charge >= 0.3 is 0 Å². The van der Waals surface area contributed by atoms with E-state index in [9.17, 15) is 13.2 Å². The van der Waals surface area contributed by atoms with Crippen molar-refractivity contribution >= 4 is 27.1 Å². The van der Waals surface area contributed by atoms with Crippen LogP contribution in [0.3, 0.4) is 0 Å². The number of rotatable bonds is 7. The van der Waals surface area contributed by atoms with Crippen molar-refractivity contribution in [3.05, 3.63) is 22.4 Å². The zero-order chi connectivity index (χ0) is 13.6. The van der Waals surface area contributed by atoms with E-state index >= 15 is 0 Å². The van der Waals surface area contributed by atoms with E-state index in [1.165, 1.54) is 0 Å². The smallest absolute Gasteiger partial charge is 0.238 e. The lowest BCUT2D eigenvalue weighted by molar-refractivity contribution is -0.129. The molecule has 0 aliphatic carbocycles. The van der Waals surface area contributed by atoms with Crippen LogP contribution in [0.1, 0.15) is 25.3 Å². The van der Waals surface area contributed by atoms with Crippen LogP contribution in [-0.2, 0) is 21.2 Å². The van der Waals surface area contributed by atoms with Gasteiger partial charge in [0.2, 0.25) is 5.91 Å². The van der Waals surface area contributed by atoms with Crippen molar-refractivity contribution in [2.24, 2.45) is 0 Å². The minimum atomic E-state index is -3.26. The Balaban J connectivity index is 2.68. The lowest BCUT2D eigenvalue weighted by atomic mass is 10.2. The molecule has 1 aromatic heterocycles. The molecule has 0 N–H and O–H groups in total. The standard InChI is InChI=1S/C12H19NO3S2/c1-3-4-6-13(8-11-5-7-17-9-11)12(14)10-18(2,15)16/h5,7,9H,3-4,6,8,10H2,1-2H3. The number of nitrogens with zero attached hydrogens (tertiary/aromatic N) is 1. The first-order chi connectivity index (χ1) is 8.42. The molecule has 0 aliphatic heterocycles. The Morgan fingerprint density at radius 2 is 2.17 bits per heavy atom. The highest BCUT2D eigenvalue weighted by atomic mass is 32.2. The van der Waals surface area contributed by atoms with E-state index in [1.54, 1.807) is 16.2 Å². The molecule has 1 amide bonds. The maximum absolute atomic E-state index is 11.9. The average molecular weight is 289 g/mol. The van der Waals surface area contributed by atoms with Crippen LogP contribution in [0, 0.1) is 0 Å². The average Bonchev–Trinajstić information content (AvgIpc) is 2.74. The van der Waals surface area contributed by atoms with Crippen LogP contribution < -0.4 is 0 Å². The second-order valence-electron chi connectivity index (χ2n) is 4.37. The van der Waals surface area contributed by atoms with E-state index in [0.29, 0.717) is 13.1 Å². The molecule has 102 valence electrons. The molecular weight excluding hydrogens is 270 g/mol. The summed E-state index contributed by atoms with van der Waals surface area (Å²) in [6, 6.07) is 1.96. The van der Waals surface area contributed by atoms with Gasteiger partial charge in [0.1, 0.15) is 5.75 Å². The number of thiophene rings is 1. The molecule has 0 aromatic carbocycles. The molecule has 1 rings (SSSR count). The molecule has 18 heavy (non-hydrogen) atoms. The quantitative estimate of drug-likeness (QED) is 0.770. The van der Waals surface area contributed by atoms with E-state index in [2.05, 4.69) is 0 Å². The summed E-state index contributed by atoms with van der Waals surface area (Å²) in [7, 11) is -3.26. The summed E-state index contributed by atoms with van der Waals surface area (Å²) in [5.41, 5.74) is 1.05. The van der Waals surface area contributed by atoms with Crippen LogP contribution in [0.15, 0.2) is 16.8 Å². The molecule has 0 fully saturated rings. The molecule has 0 radical (unpaired) electrons. The normalized spacial score (nSPS) is 11.4. The molecule has 0 saturated carbocycles. The maximum atomic E-state index is 11.9. The third-order valence-corrected chi connectivity index (χ3v) is 3.98. The molecule has 0 unspecified atom stereocenters. The Labute approximate surface area is 113 Å². The lowest BCUT2D eigenvalue weighted by Gasteiger charge is -2.21. The van der Waals surface area contributed by atoms with Crippen molar-refractivity contribution in [3.63, 3.8) is 0 Å². The van der Waals surface area contributed by atoms with Gasteiger partial charge in [0.25, 0.3) is 0 Å². The summed E-state index contributed by atoms with van der Waals surface area (Å²) >= 11 is 1.57. The Bertz CT molecular complexity index is 466. The lowest BCUT2D eigenvalue weighted by Crippen LogP contribution is -2.35. The van der Waals surface area contributed by atoms with Crippen LogP contribution in [-0.4, -0.2) is 37.8 Å². The number of amides is 1. The minimum absolute atomic E-state index is 0.308. The molecule has 1 heterocycles. The summed E-state index contributed by atoms with van der Waals surface area (Å²) in [5.74, 6) is -0.710. The highest BCUT2D eigenvalue weighted by Gasteiger charge is 2.18. The first kappa shape index (κ1) is 15.2. The Kier molecular flexibility index (Phi) is 5.81. The predicted octanol–water partition coefficient (Wildman–Crippen LogP) is 1.92. The maximum Gasteiger partial charge on any atom is 0.238 e. The number of carbonyl (C=O) groups is 1. The fraction of sp³-hybridized carbons (Fsp3) is 0.583. The number of hydrogen-bond donors (Lipinski definition) is 0. The number of carbonyl (C=O) groups excluding carboxylic acids is 1. The van der Waals surface area contributed by atoms with Gasteiger partial charge in [-0.05, 0) is 28.8 Å². The van der Waals surface area contributed by atoms with Crippen molar-refractivity contribution in [1.82, 2.24) is 4.90 Å². The Morgan fingerprint density at radius 3 is 2.67 bits per heavy atom. The predicted molar refractivity (Wildman–Crippen MR) is 74.4 cm³/mol. The highest BCUT2D eigenvalue weighted by molar-refractivity contribution is 7.91. The third-order valence-electron chi connectivity index (χ3n) is 2.47. The number of sulfone groups is 1. The first-order valence-corrected chi connectivity index (χ1v) is 8.89. The van der Waals surface area contributed by atoms with Crippen molar-refractivity contribution < 1.29 is 13.2 Å². The summed E-state index contributed by atoms with van der Waals surface area (Å²) in [6.07, 6.45) is 2.96. The van der Waals surface area contributed by atoms with E-state index in [-0.39, 0.29) is 5.91 Å². The van der Waals surface area contributed by atoms with Gasteiger partial charge in [-0.3, -0.25) is 4.79 Å². The summed E-state index contributed by atoms with van der Waals surface area (Å²) in [5, 5.41) is 3.93. The zero-order valence-corrected chi connectivity index (χ0v) is 12.4. The van der Waals surface area contributed by atoms with E-state index < -0.39 is 15.6 Å². The van der Waals surface area contributed by atoms with Crippen molar-refractivity contribution in [1.29, 1.82) is 0 Å². The van der Waals surface area contributed by atoms with E-state index in [4.69, 9.17) is 0 Å². The van der Waals surface area contributed by atoms with Gasteiger partial charge < -0.3 is 4.90 Å². The summed E-state index contributed by atoms with van der Waals surface area (Å²) in [4.78, 5) is 13.6. The van der Waals surface area contributed by atoms with Crippen LogP contribution in [0.25, 0.3) is 0 Å². The van der Waals surface area contributed by atoms with Gasteiger partial charge in [0, 0.05) is 19.3 Å². The molecule has 4 nitrogen and oxygen atoms in total. The largest absolute Gasteiger partial charge is 0.337 e. The van der Waals surface area contributed by atoms with Crippen LogP contribution in [0.4, 0.5) is 0 Å². The van der Waals surface area contributed by atoms with Gasteiger partial charge in [-0.1, -0.05) is 13.3 Å².